The molecule has 4 heterocycles. The van der Waals surface area contributed by atoms with Crippen molar-refractivity contribution in [2.24, 2.45) is 0 Å². The molecule has 23 heavy (non-hydrogen) atoms. The smallest absolute Gasteiger partial charge is 0.233 e. The summed E-state index contributed by atoms with van der Waals surface area (Å²) in [4.78, 5) is 14.2. The van der Waals surface area contributed by atoms with Crippen LogP contribution in [0.2, 0.25) is 0 Å². The maximum Gasteiger partial charge on any atom is 0.233 e. The van der Waals surface area contributed by atoms with E-state index in [9.17, 15) is 0 Å². The lowest BCUT2D eigenvalue weighted by atomic mass is 10.2. The maximum atomic E-state index is 4.71. The number of aryl methyl sites for hydroxylation is 1. The highest BCUT2D eigenvalue weighted by Gasteiger charge is 2.29. The van der Waals surface area contributed by atoms with Gasteiger partial charge in [0.05, 0.1) is 12.2 Å². The lowest BCUT2D eigenvalue weighted by Gasteiger charge is -2.27. The third-order valence-electron chi connectivity index (χ3n) is 4.09. The number of nitrogens with zero attached hydrogens (tertiary/aromatic N) is 8. The summed E-state index contributed by atoms with van der Waals surface area (Å²) in [5.74, 6) is 3.35. The van der Waals surface area contributed by atoms with Gasteiger partial charge in [-0.1, -0.05) is 19.8 Å². The van der Waals surface area contributed by atoms with E-state index < -0.39 is 0 Å². The summed E-state index contributed by atoms with van der Waals surface area (Å²) < 4.78 is 3.74. The number of aromatic amines is 1. The fourth-order valence-corrected chi connectivity index (χ4v) is 2.88. The molecule has 0 unspecified atom stereocenters. The highest BCUT2D eigenvalue weighted by atomic mass is 15.5. The SMILES string of the molecule is CCCCCN1c2nc(-n3cncn3)[nH]c2Cn2c(C)nnc21. The number of fused-ring (bicyclic) bond motifs is 2. The molecule has 0 aliphatic carbocycles. The number of anilines is 2. The second-order valence-electron chi connectivity index (χ2n) is 5.69. The molecule has 1 aliphatic rings. The predicted molar refractivity (Wildman–Crippen MR) is 83.9 cm³/mol. The first-order valence-electron chi connectivity index (χ1n) is 7.89. The van der Waals surface area contributed by atoms with Crippen molar-refractivity contribution in [1.29, 1.82) is 0 Å². The average Bonchev–Trinajstić information content (AvgIpc) is 3.27. The van der Waals surface area contributed by atoms with Gasteiger partial charge in [-0.25, -0.2) is 4.98 Å². The van der Waals surface area contributed by atoms with Gasteiger partial charge in [-0.2, -0.15) is 14.8 Å². The van der Waals surface area contributed by atoms with E-state index in [0.717, 1.165) is 36.3 Å². The van der Waals surface area contributed by atoms with Gasteiger partial charge in [0.2, 0.25) is 11.9 Å². The largest absolute Gasteiger partial charge is 0.323 e. The van der Waals surface area contributed by atoms with Gasteiger partial charge in [0.1, 0.15) is 18.5 Å². The molecule has 1 N–H and O–H groups in total. The molecule has 3 aromatic rings. The first kappa shape index (κ1) is 13.9. The normalized spacial score (nSPS) is 13.2. The van der Waals surface area contributed by atoms with Crippen LogP contribution in [0, 0.1) is 6.92 Å². The van der Waals surface area contributed by atoms with Gasteiger partial charge in [0, 0.05) is 6.54 Å². The maximum absolute atomic E-state index is 4.71. The zero-order valence-electron chi connectivity index (χ0n) is 13.3. The minimum atomic E-state index is 0.671. The Hall–Kier alpha value is -2.71. The number of nitrogens with one attached hydrogen (secondary N) is 1. The van der Waals surface area contributed by atoms with Crippen LogP contribution in [0.3, 0.4) is 0 Å². The van der Waals surface area contributed by atoms with Crippen molar-refractivity contribution in [2.75, 3.05) is 11.4 Å². The van der Waals surface area contributed by atoms with Gasteiger partial charge in [0.15, 0.2) is 5.82 Å². The number of aromatic nitrogens is 8. The molecule has 0 bridgehead atoms. The molecule has 4 rings (SSSR count). The van der Waals surface area contributed by atoms with E-state index in [2.05, 4.69) is 41.7 Å². The monoisotopic (exact) mass is 313 g/mol. The molecule has 0 saturated heterocycles. The Morgan fingerprint density at radius 3 is 2.96 bits per heavy atom. The van der Waals surface area contributed by atoms with E-state index >= 15 is 0 Å². The third kappa shape index (κ3) is 2.28. The average molecular weight is 313 g/mol. The number of hydrogen-bond donors (Lipinski definition) is 1. The minimum absolute atomic E-state index is 0.671. The number of unbranched alkanes of at least 4 members (excludes halogenated alkanes) is 2. The van der Waals surface area contributed by atoms with E-state index in [4.69, 9.17) is 4.98 Å². The van der Waals surface area contributed by atoms with Crippen molar-refractivity contribution >= 4 is 11.8 Å². The lowest BCUT2D eigenvalue weighted by molar-refractivity contribution is 0.659. The molecular weight excluding hydrogens is 294 g/mol. The summed E-state index contributed by atoms with van der Waals surface area (Å²) in [5, 5.41) is 12.7. The third-order valence-corrected chi connectivity index (χ3v) is 4.09. The molecule has 0 atom stereocenters. The molecule has 0 fully saturated rings. The standard InChI is InChI=1S/C14H19N9/c1-3-4-5-6-21-12-11(7-22-10(2)19-20-14(21)22)17-13(18-12)23-9-15-8-16-23/h8-9H,3-7H2,1-2H3,(H,17,18). The molecule has 0 saturated carbocycles. The van der Waals surface area contributed by atoms with Crippen molar-refractivity contribution in [2.45, 2.75) is 39.7 Å². The van der Waals surface area contributed by atoms with E-state index in [0.29, 0.717) is 12.5 Å². The zero-order chi connectivity index (χ0) is 15.8. The lowest BCUT2D eigenvalue weighted by Crippen LogP contribution is -2.28. The Balaban J connectivity index is 1.73. The number of hydrogen-bond acceptors (Lipinski definition) is 6. The number of rotatable bonds is 5. The Morgan fingerprint density at radius 1 is 1.26 bits per heavy atom. The van der Waals surface area contributed by atoms with Crippen LogP contribution >= 0.6 is 0 Å². The van der Waals surface area contributed by atoms with Crippen molar-refractivity contribution in [3.8, 4) is 5.95 Å². The topological polar surface area (TPSA) is 93.3 Å². The molecule has 120 valence electrons. The minimum Gasteiger partial charge on any atom is -0.323 e. The van der Waals surface area contributed by atoms with Crippen LogP contribution in [-0.4, -0.2) is 46.0 Å². The van der Waals surface area contributed by atoms with E-state index in [-0.39, 0.29) is 0 Å². The van der Waals surface area contributed by atoms with Crippen molar-refractivity contribution in [3.63, 3.8) is 0 Å². The molecule has 3 aromatic heterocycles. The number of imidazole rings is 1. The summed E-state index contributed by atoms with van der Waals surface area (Å²) in [5.41, 5.74) is 1.04. The van der Waals surface area contributed by atoms with Gasteiger partial charge in [0.25, 0.3) is 0 Å². The summed E-state index contributed by atoms with van der Waals surface area (Å²) in [7, 11) is 0. The highest BCUT2D eigenvalue weighted by molar-refractivity contribution is 5.60. The molecule has 9 heteroatoms. The summed E-state index contributed by atoms with van der Waals surface area (Å²) in [6.45, 7) is 5.74. The molecule has 0 radical (unpaired) electrons. The van der Waals surface area contributed by atoms with Crippen molar-refractivity contribution in [1.82, 2.24) is 39.5 Å². The van der Waals surface area contributed by atoms with Crippen LogP contribution in [0.4, 0.5) is 11.8 Å². The summed E-state index contributed by atoms with van der Waals surface area (Å²) in [6, 6.07) is 0. The van der Waals surface area contributed by atoms with Crippen LogP contribution < -0.4 is 4.90 Å². The fourth-order valence-electron chi connectivity index (χ4n) is 2.88. The molecule has 0 aromatic carbocycles. The number of H-pyrrole nitrogens is 1. The second kappa shape index (κ2) is 5.49. The quantitative estimate of drug-likeness (QED) is 0.719. The van der Waals surface area contributed by atoms with E-state index in [1.54, 1.807) is 11.0 Å². The second-order valence-corrected chi connectivity index (χ2v) is 5.69. The van der Waals surface area contributed by atoms with Crippen LogP contribution in [0.1, 0.15) is 37.7 Å². The predicted octanol–water partition coefficient (Wildman–Crippen LogP) is 1.58. The Labute approximate surface area is 133 Å². The van der Waals surface area contributed by atoms with Crippen LogP contribution in [0.5, 0.6) is 0 Å². The molecular formula is C14H19N9. The summed E-state index contributed by atoms with van der Waals surface area (Å²) >= 11 is 0. The van der Waals surface area contributed by atoms with Crippen LogP contribution in [0.15, 0.2) is 12.7 Å². The Morgan fingerprint density at radius 2 is 2.17 bits per heavy atom. The van der Waals surface area contributed by atoms with Gasteiger partial charge in [-0.15, -0.1) is 10.2 Å². The van der Waals surface area contributed by atoms with Crippen molar-refractivity contribution in [3.05, 3.63) is 24.2 Å². The Kier molecular flexibility index (Phi) is 3.32. The van der Waals surface area contributed by atoms with Gasteiger partial charge >= 0.3 is 0 Å². The molecule has 1 aliphatic heterocycles. The first-order valence-corrected chi connectivity index (χ1v) is 7.89. The zero-order valence-corrected chi connectivity index (χ0v) is 13.3. The van der Waals surface area contributed by atoms with Crippen molar-refractivity contribution < 1.29 is 0 Å². The molecule has 9 nitrogen and oxygen atoms in total. The van der Waals surface area contributed by atoms with Crippen LogP contribution in [0.25, 0.3) is 5.95 Å². The van der Waals surface area contributed by atoms with Gasteiger partial charge < -0.3 is 4.98 Å². The van der Waals surface area contributed by atoms with Gasteiger partial charge in [-0.3, -0.25) is 9.47 Å². The molecule has 0 spiro atoms. The van der Waals surface area contributed by atoms with Gasteiger partial charge in [-0.05, 0) is 13.3 Å². The van der Waals surface area contributed by atoms with Crippen LogP contribution in [-0.2, 0) is 6.54 Å². The fraction of sp³-hybridized carbons (Fsp3) is 0.500. The van der Waals surface area contributed by atoms with E-state index in [1.165, 1.54) is 19.2 Å². The Bertz CT molecular complexity index is 798. The first-order chi connectivity index (χ1) is 11.3. The van der Waals surface area contributed by atoms with E-state index in [1.807, 2.05) is 6.92 Å². The summed E-state index contributed by atoms with van der Waals surface area (Å²) in [6.07, 6.45) is 6.58. The highest BCUT2D eigenvalue weighted by Crippen LogP contribution is 2.33. The molecule has 0 amide bonds.